The van der Waals surface area contributed by atoms with Crippen molar-refractivity contribution >= 4 is 35.1 Å². The molecule has 0 spiro atoms. The molecule has 0 aliphatic carbocycles. The van der Waals surface area contributed by atoms with Crippen molar-refractivity contribution < 1.29 is 13.5 Å². The third-order valence-electron chi connectivity index (χ3n) is 5.35. The molecule has 0 radical (unpaired) electrons. The van der Waals surface area contributed by atoms with E-state index in [1.807, 2.05) is 6.07 Å². The molecule has 1 unspecified atom stereocenters. The first-order valence-electron chi connectivity index (χ1n) is 9.64. The van der Waals surface area contributed by atoms with E-state index in [4.69, 9.17) is 16.2 Å². The van der Waals surface area contributed by atoms with Crippen LogP contribution in [0.1, 0.15) is 18.4 Å². The van der Waals surface area contributed by atoms with Gasteiger partial charge in [0.05, 0.1) is 10.9 Å². The van der Waals surface area contributed by atoms with Crippen molar-refractivity contribution in [2.75, 3.05) is 24.6 Å². The lowest BCUT2D eigenvalue weighted by atomic mass is 9.88. The van der Waals surface area contributed by atoms with Crippen LogP contribution in [0.3, 0.4) is 0 Å². The van der Waals surface area contributed by atoms with Gasteiger partial charge in [0.1, 0.15) is 29.3 Å². The average molecular weight is 436 g/mol. The second kappa shape index (κ2) is 9.40. The maximum absolute atomic E-state index is 14.3. The van der Waals surface area contributed by atoms with Gasteiger partial charge in [-0.3, -0.25) is 0 Å². The lowest BCUT2D eigenvalue weighted by molar-refractivity contribution is 0.113. The van der Waals surface area contributed by atoms with Gasteiger partial charge < -0.3 is 21.5 Å². The van der Waals surface area contributed by atoms with Gasteiger partial charge in [-0.15, -0.1) is 12.4 Å². The third kappa shape index (κ3) is 4.71. The molecular weight excluding hydrogens is 412 g/mol. The van der Waals surface area contributed by atoms with Crippen LogP contribution in [0, 0.1) is 17.6 Å². The van der Waals surface area contributed by atoms with Crippen molar-refractivity contribution in [3.63, 3.8) is 0 Å². The van der Waals surface area contributed by atoms with E-state index in [0.29, 0.717) is 28.6 Å². The van der Waals surface area contributed by atoms with Gasteiger partial charge in [-0.05, 0) is 55.6 Å². The monoisotopic (exact) mass is 435 g/mol. The molecule has 0 amide bonds. The molecule has 0 bridgehead atoms. The Morgan fingerprint density at radius 2 is 1.87 bits per heavy atom. The van der Waals surface area contributed by atoms with Crippen molar-refractivity contribution in [2.24, 2.45) is 5.92 Å². The number of hydrogen-bond acceptors (Lipinski definition) is 6. The molecule has 2 aromatic carbocycles. The highest BCUT2D eigenvalue weighted by atomic mass is 35.5. The number of nitrogens with zero attached hydrogens (tertiary/aromatic N) is 2. The number of hydrogen-bond donors (Lipinski definition) is 3. The number of nitrogens with one attached hydrogen (secondary N) is 1. The maximum atomic E-state index is 14.3. The van der Waals surface area contributed by atoms with Crippen molar-refractivity contribution in [3.8, 4) is 5.75 Å². The minimum Gasteiger partial charge on any atom is -0.489 e. The van der Waals surface area contributed by atoms with Crippen molar-refractivity contribution in [2.45, 2.75) is 25.4 Å². The molecule has 1 atom stereocenters. The molecule has 1 aromatic heterocycles. The molecule has 4 rings (SSSR count). The largest absolute Gasteiger partial charge is 0.489 e. The zero-order chi connectivity index (χ0) is 20.4. The van der Waals surface area contributed by atoms with Crippen LogP contribution in [0.4, 0.5) is 20.5 Å². The van der Waals surface area contributed by atoms with E-state index in [0.717, 1.165) is 32.0 Å². The van der Waals surface area contributed by atoms with Crippen LogP contribution in [0.25, 0.3) is 10.9 Å². The van der Waals surface area contributed by atoms with Crippen LogP contribution in [-0.2, 0) is 6.42 Å². The summed E-state index contributed by atoms with van der Waals surface area (Å²) in [4.78, 5) is 8.26. The number of benzene rings is 2. The molecule has 30 heavy (non-hydrogen) atoms. The fraction of sp³-hybridized carbons (Fsp3) is 0.333. The van der Waals surface area contributed by atoms with Crippen LogP contribution in [0.2, 0.25) is 0 Å². The zero-order valence-electron chi connectivity index (χ0n) is 16.3. The first-order valence-corrected chi connectivity index (χ1v) is 9.64. The summed E-state index contributed by atoms with van der Waals surface area (Å²) in [6.45, 7) is 1.74. The Morgan fingerprint density at radius 3 is 2.60 bits per heavy atom. The second-order valence-electron chi connectivity index (χ2n) is 7.30. The van der Waals surface area contributed by atoms with Gasteiger partial charge in [0.25, 0.3) is 0 Å². The summed E-state index contributed by atoms with van der Waals surface area (Å²) in [5, 5.41) is 3.91. The predicted octanol–water partition coefficient (Wildman–Crippen LogP) is 3.48. The molecule has 1 saturated heterocycles. The van der Waals surface area contributed by atoms with E-state index < -0.39 is 11.6 Å². The van der Waals surface area contributed by atoms with E-state index in [1.54, 1.807) is 12.1 Å². The van der Waals surface area contributed by atoms with Crippen LogP contribution < -0.4 is 21.5 Å². The van der Waals surface area contributed by atoms with E-state index in [1.165, 1.54) is 12.1 Å². The lowest BCUT2D eigenvalue weighted by Crippen LogP contribution is -2.38. The average Bonchev–Trinajstić information content (AvgIpc) is 2.69. The molecule has 1 aliphatic rings. The predicted molar refractivity (Wildman–Crippen MR) is 116 cm³/mol. The highest BCUT2D eigenvalue weighted by Crippen LogP contribution is 2.33. The fourth-order valence-electron chi connectivity index (χ4n) is 3.88. The molecule has 160 valence electrons. The smallest absolute Gasteiger partial charge is 0.222 e. The summed E-state index contributed by atoms with van der Waals surface area (Å²) in [6, 6.07) is 9.04. The number of nitrogen functional groups attached to an aromatic ring is 2. The Bertz CT molecular complexity index is 1030. The van der Waals surface area contributed by atoms with E-state index >= 15 is 0 Å². The summed E-state index contributed by atoms with van der Waals surface area (Å²) >= 11 is 0. The standard InChI is InChI=1S/C21H23F2N5O.ClH/c22-14-5-4-13(15(23)11-14)10-18(12-6-8-26-9-7-12)29-17-3-1-2-16-19(17)20(24)28-21(25)27-16;/h1-5,11-12,18,26H,6-10H2,(H4,24,25,27,28);1H. The SMILES string of the molecule is Cl.Nc1nc(N)c2c(OC(Cc3ccc(F)cc3F)C3CCNCC3)cccc2n1. The second-order valence-corrected chi connectivity index (χ2v) is 7.30. The van der Waals surface area contributed by atoms with Crippen molar-refractivity contribution in [1.29, 1.82) is 0 Å². The maximum Gasteiger partial charge on any atom is 0.222 e. The number of aromatic nitrogens is 2. The fourth-order valence-corrected chi connectivity index (χ4v) is 3.88. The van der Waals surface area contributed by atoms with Crippen molar-refractivity contribution in [3.05, 3.63) is 53.6 Å². The molecule has 9 heteroatoms. The topological polar surface area (TPSA) is 99.1 Å². The van der Waals surface area contributed by atoms with Gasteiger partial charge in [-0.1, -0.05) is 12.1 Å². The lowest BCUT2D eigenvalue weighted by Gasteiger charge is -2.31. The summed E-state index contributed by atoms with van der Waals surface area (Å²) in [5.41, 5.74) is 12.8. The Morgan fingerprint density at radius 1 is 1.10 bits per heavy atom. The molecule has 0 saturated carbocycles. The minimum absolute atomic E-state index is 0. The number of anilines is 2. The Labute approximate surface area is 179 Å². The first kappa shape index (κ1) is 22.0. The number of piperidine rings is 1. The number of nitrogens with two attached hydrogens (primary N) is 2. The summed E-state index contributed by atoms with van der Waals surface area (Å²) in [6.07, 6.45) is 1.82. The molecule has 1 aliphatic heterocycles. The molecular formula is C21H24ClF2N5O. The summed E-state index contributed by atoms with van der Waals surface area (Å²) < 4.78 is 34.0. The Balaban J connectivity index is 0.00000256. The zero-order valence-corrected chi connectivity index (χ0v) is 17.1. The van der Waals surface area contributed by atoms with Crippen LogP contribution in [-0.4, -0.2) is 29.2 Å². The van der Waals surface area contributed by atoms with Gasteiger partial charge in [0.2, 0.25) is 5.95 Å². The summed E-state index contributed by atoms with van der Waals surface area (Å²) in [5.74, 6) is -0.0864. The highest BCUT2D eigenvalue weighted by molar-refractivity contribution is 5.94. The van der Waals surface area contributed by atoms with Gasteiger partial charge in [0, 0.05) is 12.5 Å². The van der Waals surface area contributed by atoms with Gasteiger partial charge in [-0.2, -0.15) is 4.98 Å². The van der Waals surface area contributed by atoms with Crippen molar-refractivity contribution in [1.82, 2.24) is 15.3 Å². The Kier molecular flexibility index (Phi) is 6.89. The van der Waals surface area contributed by atoms with E-state index in [-0.39, 0.29) is 36.2 Å². The molecule has 1 fully saturated rings. The minimum atomic E-state index is -0.595. The number of ether oxygens (including phenoxy) is 1. The number of fused-ring (bicyclic) bond motifs is 1. The van der Waals surface area contributed by atoms with Gasteiger partial charge >= 0.3 is 0 Å². The third-order valence-corrected chi connectivity index (χ3v) is 5.35. The highest BCUT2D eigenvalue weighted by Gasteiger charge is 2.27. The van der Waals surface area contributed by atoms with Crippen LogP contribution >= 0.6 is 12.4 Å². The van der Waals surface area contributed by atoms with E-state index in [2.05, 4.69) is 15.3 Å². The Hall–Kier alpha value is -2.71. The number of rotatable bonds is 5. The molecule has 3 aromatic rings. The van der Waals surface area contributed by atoms with Crippen LogP contribution in [0.15, 0.2) is 36.4 Å². The van der Waals surface area contributed by atoms with E-state index in [9.17, 15) is 8.78 Å². The quantitative estimate of drug-likeness (QED) is 0.567. The molecule has 5 N–H and O–H groups in total. The summed E-state index contributed by atoms with van der Waals surface area (Å²) in [7, 11) is 0. The molecule has 6 nitrogen and oxygen atoms in total. The normalized spacial score (nSPS) is 15.5. The molecule has 2 heterocycles. The first-order chi connectivity index (χ1) is 14.0. The van der Waals surface area contributed by atoms with Gasteiger partial charge in [-0.25, -0.2) is 13.8 Å². The number of halogens is 3. The van der Waals surface area contributed by atoms with Gasteiger partial charge in [0.15, 0.2) is 0 Å². The van der Waals surface area contributed by atoms with Crippen LogP contribution in [0.5, 0.6) is 5.75 Å².